The second kappa shape index (κ2) is 8.75. The Kier molecular flexibility index (Phi) is 6.16. The Morgan fingerprint density at radius 2 is 2.07 bits per heavy atom. The zero-order chi connectivity index (χ0) is 19.2. The van der Waals surface area contributed by atoms with E-state index in [-0.39, 0.29) is 6.61 Å². The minimum Gasteiger partial charge on any atom is -0.451 e. The van der Waals surface area contributed by atoms with Gasteiger partial charge in [0.15, 0.2) is 6.61 Å². The van der Waals surface area contributed by atoms with E-state index in [2.05, 4.69) is 15.3 Å². The highest BCUT2D eigenvalue weighted by molar-refractivity contribution is 7.17. The van der Waals surface area contributed by atoms with Crippen LogP contribution in [0.15, 0.2) is 48.7 Å². The smallest absolute Gasteiger partial charge is 0.350 e. The lowest BCUT2D eigenvalue weighted by Crippen LogP contribution is -2.28. The fraction of sp³-hybridized carbons (Fsp3) is 0.158. The summed E-state index contributed by atoms with van der Waals surface area (Å²) < 4.78 is 5.11. The van der Waals surface area contributed by atoms with Crippen LogP contribution in [0.3, 0.4) is 0 Å². The van der Waals surface area contributed by atoms with Crippen molar-refractivity contribution in [2.45, 2.75) is 13.5 Å². The highest BCUT2D eigenvalue weighted by Gasteiger charge is 2.19. The molecule has 1 aromatic carbocycles. The standard InChI is InChI=1S/C19H16ClN3O3S/c1-12-17(27-18(23-12)15-7-2-3-8-21-15)19(25)26-11-16(24)22-10-13-5-4-6-14(20)9-13/h2-9H,10-11H2,1H3,(H,22,24). The number of pyridine rings is 1. The summed E-state index contributed by atoms with van der Waals surface area (Å²) in [6.07, 6.45) is 1.66. The number of carbonyl (C=O) groups is 2. The number of aromatic nitrogens is 2. The van der Waals surface area contributed by atoms with Gasteiger partial charge in [0.1, 0.15) is 9.88 Å². The number of carbonyl (C=O) groups excluding carboxylic acids is 2. The SMILES string of the molecule is Cc1nc(-c2ccccn2)sc1C(=O)OCC(=O)NCc1cccc(Cl)c1. The predicted octanol–water partition coefficient (Wildman–Crippen LogP) is 3.64. The fourth-order valence-corrected chi connectivity index (χ4v) is 3.43. The maximum atomic E-state index is 12.3. The van der Waals surface area contributed by atoms with Crippen LogP contribution < -0.4 is 5.32 Å². The summed E-state index contributed by atoms with van der Waals surface area (Å²) in [6, 6.07) is 12.6. The van der Waals surface area contributed by atoms with Crippen molar-refractivity contribution in [3.63, 3.8) is 0 Å². The monoisotopic (exact) mass is 401 g/mol. The summed E-state index contributed by atoms with van der Waals surface area (Å²) in [6.45, 7) is 1.66. The molecule has 0 bridgehead atoms. The third kappa shape index (κ3) is 5.12. The van der Waals surface area contributed by atoms with Crippen molar-refractivity contribution in [1.29, 1.82) is 0 Å². The fourth-order valence-electron chi connectivity index (χ4n) is 2.28. The summed E-state index contributed by atoms with van der Waals surface area (Å²) >= 11 is 7.09. The van der Waals surface area contributed by atoms with E-state index in [0.717, 1.165) is 5.56 Å². The molecule has 2 aromatic heterocycles. The minimum absolute atomic E-state index is 0.306. The molecule has 3 rings (SSSR count). The maximum absolute atomic E-state index is 12.3. The predicted molar refractivity (Wildman–Crippen MR) is 104 cm³/mol. The van der Waals surface area contributed by atoms with Gasteiger partial charge in [0.05, 0.1) is 11.4 Å². The molecule has 0 saturated carbocycles. The largest absolute Gasteiger partial charge is 0.451 e. The van der Waals surface area contributed by atoms with Crippen molar-refractivity contribution >= 4 is 34.8 Å². The van der Waals surface area contributed by atoms with Crippen LogP contribution in [0.1, 0.15) is 20.9 Å². The van der Waals surface area contributed by atoms with Gasteiger partial charge in [0.2, 0.25) is 0 Å². The first-order valence-corrected chi connectivity index (χ1v) is 9.29. The number of benzene rings is 1. The van der Waals surface area contributed by atoms with E-state index < -0.39 is 11.9 Å². The zero-order valence-electron chi connectivity index (χ0n) is 14.4. The number of thiazole rings is 1. The molecule has 27 heavy (non-hydrogen) atoms. The van der Waals surface area contributed by atoms with Gasteiger partial charge < -0.3 is 10.1 Å². The molecule has 0 fully saturated rings. The van der Waals surface area contributed by atoms with Crippen molar-refractivity contribution in [1.82, 2.24) is 15.3 Å². The van der Waals surface area contributed by atoms with Crippen molar-refractivity contribution in [3.05, 3.63) is 69.8 Å². The first-order valence-electron chi connectivity index (χ1n) is 8.10. The highest BCUT2D eigenvalue weighted by atomic mass is 35.5. The van der Waals surface area contributed by atoms with Gasteiger partial charge in [-0.1, -0.05) is 29.8 Å². The number of hydrogen-bond acceptors (Lipinski definition) is 6. The molecule has 0 aliphatic carbocycles. The summed E-state index contributed by atoms with van der Waals surface area (Å²) in [5.41, 5.74) is 2.09. The molecule has 0 radical (unpaired) electrons. The van der Waals surface area contributed by atoms with Crippen molar-refractivity contribution in [3.8, 4) is 10.7 Å². The van der Waals surface area contributed by atoms with Crippen LogP contribution in [-0.4, -0.2) is 28.5 Å². The van der Waals surface area contributed by atoms with Crippen molar-refractivity contribution < 1.29 is 14.3 Å². The number of nitrogens with zero attached hydrogens (tertiary/aromatic N) is 2. The van der Waals surface area contributed by atoms with Gasteiger partial charge in [-0.3, -0.25) is 9.78 Å². The number of ether oxygens (including phenoxy) is 1. The Morgan fingerprint density at radius 1 is 1.22 bits per heavy atom. The number of halogens is 1. The van der Waals surface area contributed by atoms with Crippen LogP contribution in [-0.2, 0) is 16.1 Å². The molecule has 0 spiro atoms. The van der Waals surface area contributed by atoms with Crippen LogP contribution in [0.5, 0.6) is 0 Å². The number of hydrogen-bond donors (Lipinski definition) is 1. The van der Waals surface area contributed by atoms with E-state index >= 15 is 0 Å². The molecular formula is C19H16ClN3O3S. The average molecular weight is 402 g/mol. The molecule has 3 aromatic rings. The quantitative estimate of drug-likeness (QED) is 0.638. The second-order valence-electron chi connectivity index (χ2n) is 5.63. The Hall–Kier alpha value is -2.77. The molecule has 0 atom stereocenters. The third-order valence-electron chi connectivity index (χ3n) is 3.58. The van der Waals surface area contributed by atoms with Crippen LogP contribution in [0, 0.1) is 6.92 Å². The summed E-state index contributed by atoms with van der Waals surface area (Å²) in [5.74, 6) is -0.972. The molecule has 0 unspecified atom stereocenters. The summed E-state index contributed by atoms with van der Waals surface area (Å²) in [4.78, 5) is 33.1. The summed E-state index contributed by atoms with van der Waals surface area (Å²) in [7, 11) is 0. The average Bonchev–Trinajstić information content (AvgIpc) is 3.07. The van der Waals surface area contributed by atoms with Gasteiger partial charge in [-0.25, -0.2) is 9.78 Å². The number of amides is 1. The van der Waals surface area contributed by atoms with E-state index in [4.69, 9.17) is 16.3 Å². The van der Waals surface area contributed by atoms with Crippen molar-refractivity contribution in [2.75, 3.05) is 6.61 Å². The molecule has 8 heteroatoms. The number of aryl methyl sites for hydroxylation is 1. The van der Waals surface area contributed by atoms with Gasteiger partial charge in [0, 0.05) is 17.8 Å². The van der Waals surface area contributed by atoms with E-state index in [1.165, 1.54) is 11.3 Å². The number of esters is 1. The Labute approximate surface area is 165 Å². The van der Waals surface area contributed by atoms with Gasteiger partial charge in [-0.05, 0) is 36.8 Å². The van der Waals surface area contributed by atoms with Crippen LogP contribution in [0.4, 0.5) is 0 Å². The van der Waals surface area contributed by atoms with E-state index in [1.54, 1.807) is 37.4 Å². The van der Waals surface area contributed by atoms with Gasteiger partial charge in [-0.15, -0.1) is 11.3 Å². The molecule has 1 N–H and O–H groups in total. The molecule has 0 saturated heterocycles. The first kappa shape index (κ1) is 19.0. The normalized spacial score (nSPS) is 10.4. The van der Waals surface area contributed by atoms with Crippen LogP contribution in [0.2, 0.25) is 5.02 Å². The highest BCUT2D eigenvalue weighted by Crippen LogP contribution is 2.26. The second-order valence-corrected chi connectivity index (χ2v) is 7.07. The number of nitrogens with one attached hydrogen (secondary N) is 1. The molecule has 138 valence electrons. The summed E-state index contributed by atoms with van der Waals surface area (Å²) in [5, 5.41) is 3.91. The van der Waals surface area contributed by atoms with Crippen LogP contribution in [0.25, 0.3) is 10.7 Å². The van der Waals surface area contributed by atoms with Gasteiger partial charge >= 0.3 is 5.97 Å². The molecule has 2 heterocycles. The zero-order valence-corrected chi connectivity index (χ0v) is 16.0. The van der Waals surface area contributed by atoms with E-state index in [0.29, 0.717) is 32.8 Å². The third-order valence-corrected chi connectivity index (χ3v) is 4.97. The Balaban J connectivity index is 1.54. The lowest BCUT2D eigenvalue weighted by atomic mass is 10.2. The molecule has 0 aliphatic rings. The lowest BCUT2D eigenvalue weighted by molar-refractivity contribution is -0.124. The van der Waals surface area contributed by atoms with Crippen LogP contribution >= 0.6 is 22.9 Å². The first-order chi connectivity index (χ1) is 13.0. The van der Waals surface area contributed by atoms with E-state index in [9.17, 15) is 9.59 Å². The molecule has 0 aliphatic heterocycles. The Morgan fingerprint density at radius 3 is 2.81 bits per heavy atom. The molecule has 6 nitrogen and oxygen atoms in total. The van der Waals surface area contributed by atoms with Gasteiger partial charge in [-0.2, -0.15) is 0 Å². The molecule has 1 amide bonds. The topological polar surface area (TPSA) is 81.2 Å². The van der Waals surface area contributed by atoms with Crippen molar-refractivity contribution in [2.24, 2.45) is 0 Å². The minimum atomic E-state index is -0.579. The van der Waals surface area contributed by atoms with E-state index in [1.807, 2.05) is 18.2 Å². The maximum Gasteiger partial charge on any atom is 0.350 e. The lowest BCUT2D eigenvalue weighted by Gasteiger charge is -2.06. The molecular weight excluding hydrogens is 386 g/mol. The Bertz CT molecular complexity index is 960. The number of rotatable bonds is 6. The van der Waals surface area contributed by atoms with Gasteiger partial charge in [0.25, 0.3) is 5.91 Å².